The molecule has 4 aliphatic carbocycles. The molecule has 4 saturated carbocycles. The summed E-state index contributed by atoms with van der Waals surface area (Å²) in [6.45, 7) is 6.48. The van der Waals surface area contributed by atoms with Gasteiger partial charge in [0.25, 0.3) is 0 Å². The highest BCUT2D eigenvalue weighted by Crippen LogP contribution is 2.61. The first-order valence-electron chi connectivity index (χ1n) is 11.0. The number of nitrogens with zero attached hydrogens (tertiary/aromatic N) is 1. The standard InChI is InChI=1S/C22H35NO2/c1-22-9-8-18-17-5-3-16(23-10-12-25-13-11-23)14-15(17)2-4-19(18)20(22)6-7-21(22)24/h15-20H,2-14H2,1H3/t15-,16-,17-,18+,19+,20-,22-/m0/s1. The fourth-order valence-corrected chi connectivity index (χ4v) is 7.87. The molecule has 5 aliphatic rings. The van der Waals surface area contributed by atoms with Crippen LogP contribution >= 0.6 is 0 Å². The van der Waals surface area contributed by atoms with Crippen LogP contribution in [0.2, 0.25) is 0 Å². The van der Waals surface area contributed by atoms with Crippen molar-refractivity contribution in [1.29, 1.82) is 0 Å². The van der Waals surface area contributed by atoms with E-state index in [4.69, 9.17) is 4.74 Å². The van der Waals surface area contributed by atoms with E-state index in [1.54, 1.807) is 0 Å². The molecule has 7 atom stereocenters. The number of rotatable bonds is 1. The molecule has 5 fully saturated rings. The minimum absolute atomic E-state index is 0.0546. The Balaban J connectivity index is 1.29. The van der Waals surface area contributed by atoms with Gasteiger partial charge in [-0.15, -0.1) is 0 Å². The Bertz CT molecular complexity index is 528. The molecule has 0 bridgehead atoms. The van der Waals surface area contributed by atoms with Crippen LogP contribution in [0.4, 0.5) is 0 Å². The van der Waals surface area contributed by atoms with E-state index in [-0.39, 0.29) is 5.41 Å². The molecule has 0 unspecified atom stereocenters. The fraction of sp³-hybridized carbons (Fsp3) is 0.955. The number of fused-ring (bicyclic) bond motifs is 5. The second-order valence-corrected chi connectivity index (χ2v) is 9.97. The summed E-state index contributed by atoms with van der Waals surface area (Å²) in [5.74, 6) is 5.05. The van der Waals surface area contributed by atoms with E-state index in [1.807, 2.05) is 0 Å². The minimum atomic E-state index is 0.0546. The van der Waals surface area contributed by atoms with Crippen LogP contribution in [0.1, 0.15) is 64.7 Å². The lowest BCUT2D eigenvalue weighted by atomic mass is 9.50. The van der Waals surface area contributed by atoms with Gasteiger partial charge in [0, 0.05) is 31.0 Å². The van der Waals surface area contributed by atoms with E-state index in [0.29, 0.717) is 5.78 Å². The minimum Gasteiger partial charge on any atom is -0.379 e. The van der Waals surface area contributed by atoms with Crippen LogP contribution in [0.25, 0.3) is 0 Å². The molecule has 1 heterocycles. The summed E-state index contributed by atoms with van der Waals surface area (Å²) >= 11 is 0. The SMILES string of the molecule is C[C@]12CC[C@H]3[C@@H](CC[C@H]4C[C@@H](N5CCOCC5)CC[C@@H]43)[C@@H]1CCC2=O. The summed E-state index contributed by atoms with van der Waals surface area (Å²) < 4.78 is 5.56. The van der Waals surface area contributed by atoms with Gasteiger partial charge in [-0.3, -0.25) is 9.69 Å². The van der Waals surface area contributed by atoms with Crippen LogP contribution in [0.5, 0.6) is 0 Å². The fourth-order valence-electron chi connectivity index (χ4n) is 7.87. The van der Waals surface area contributed by atoms with Gasteiger partial charge in [-0.05, 0) is 81.0 Å². The zero-order valence-corrected chi connectivity index (χ0v) is 15.9. The number of carbonyl (C=O) groups is 1. The maximum atomic E-state index is 12.5. The first-order chi connectivity index (χ1) is 12.2. The Labute approximate surface area is 152 Å². The zero-order chi connectivity index (χ0) is 17.0. The highest BCUT2D eigenvalue weighted by atomic mass is 16.5. The number of hydrogen-bond acceptors (Lipinski definition) is 3. The Morgan fingerprint density at radius 3 is 2.60 bits per heavy atom. The first kappa shape index (κ1) is 16.7. The summed E-state index contributed by atoms with van der Waals surface area (Å²) in [5, 5.41) is 0. The van der Waals surface area contributed by atoms with Gasteiger partial charge < -0.3 is 4.74 Å². The van der Waals surface area contributed by atoms with E-state index in [1.165, 1.54) is 51.4 Å². The van der Waals surface area contributed by atoms with Gasteiger partial charge in [0.2, 0.25) is 0 Å². The molecule has 0 amide bonds. The van der Waals surface area contributed by atoms with Gasteiger partial charge in [-0.1, -0.05) is 6.92 Å². The highest BCUT2D eigenvalue weighted by molar-refractivity contribution is 5.87. The van der Waals surface area contributed by atoms with Gasteiger partial charge >= 0.3 is 0 Å². The predicted octanol–water partition coefficient (Wildman–Crippen LogP) is 3.91. The molecule has 0 spiro atoms. The summed E-state index contributed by atoms with van der Waals surface area (Å²) in [5.41, 5.74) is 0.0546. The molecule has 5 rings (SSSR count). The maximum Gasteiger partial charge on any atom is 0.139 e. The molecule has 0 aromatic heterocycles. The molecule has 0 aromatic rings. The third kappa shape index (κ3) is 2.64. The first-order valence-corrected chi connectivity index (χ1v) is 11.0. The van der Waals surface area contributed by atoms with Crippen molar-refractivity contribution in [3.8, 4) is 0 Å². The maximum absolute atomic E-state index is 12.5. The average molecular weight is 346 g/mol. The third-order valence-corrected chi connectivity index (χ3v) is 9.20. The van der Waals surface area contributed by atoms with E-state index in [2.05, 4.69) is 11.8 Å². The Morgan fingerprint density at radius 1 is 0.960 bits per heavy atom. The number of morpholine rings is 1. The number of carbonyl (C=O) groups excluding carboxylic acids is 1. The second-order valence-electron chi connectivity index (χ2n) is 9.97. The van der Waals surface area contributed by atoms with Crippen LogP contribution in [-0.2, 0) is 9.53 Å². The Morgan fingerprint density at radius 2 is 1.76 bits per heavy atom. The van der Waals surface area contributed by atoms with Crippen molar-refractivity contribution >= 4 is 5.78 Å². The van der Waals surface area contributed by atoms with Crippen molar-refractivity contribution in [1.82, 2.24) is 4.90 Å². The molecule has 25 heavy (non-hydrogen) atoms. The van der Waals surface area contributed by atoms with Gasteiger partial charge in [0.1, 0.15) is 5.78 Å². The smallest absolute Gasteiger partial charge is 0.139 e. The number of ether oxygens (including phenoxy) is 1. The molecule has 0 N–H and O–H groups in total. The molecule has 3 nitrogen and oxygen atoms in total. The highest BCUT2D eigenvalue weighted by Gasteiger charge is 2.57. The summed E-state index contributed by atoms with van der Waals surface area (Å²) in [7, 11) is 0. The van der Waals surface area contributed by atoms with Gasteiger partial charge in [-0.25, -0.2) is 0 Å². The van der Waals surface area contributed by atoms with Crippen LogP contribution in [0.15, 0.2) is 0 Å². The van der Waals surface area contributed by atoms with Gasteiger partial charge in [-0.2, -0.15) is 0 Å². The monoisotopic (exact) mass is 345 g/mol. The summed E-state index contributed by atoms with van der Waals surface area (Å²) in [6, 6.07) is 0.823. The van der Waals surface area contributed by atoms with Crippen molar-refractivity contribution in [3.05, 3.63) is 0 Å². The van der Waals surface area contributed by atoms with Crippen molar-refractivity contribution in [2.45, 2.75) is 70.8 Å². The molecular formula is C22H35NO2. The lowest BCUT2D eigenvalue weighted by Crippen LogP contribution is -2.52. The average Bonchev–Trinajstić information content (AvgIpc) is 2.97. The van der Waals surface area contributed by atoms with Crippen molar-refractivity contribution < 1.29 is 9.53 Å². The Hall–Kier alpha value is -0.410. The van der Waals surface area contributed by atoms with E-state index in [0.717, 1.165) is 68.4 Å². The lowest BCUT2D eigenvalue weighted by Gasteiger charge is -2.55. The van der Waals surface area contributed by atoms with E-state index < -0.39 is 0 Å². The quantitative estimate of drug-likeness (QED) is 0.722. The Kier molecular flexibility index (Phi) is 4.24. The lowest BCUT2D eigenvalue weighted by molar-refractivity contribution is -0.133. The molecular weight excluding hydrogens is 310 g/mol. The topological polar surface area (TPSA) is 29.5 Å². The van der Waals surface area contributed by atoms with Crippen molar-refractivity contribution in [3.63, 3.8) is 0 Å². The largest absolute Gasteiger partial charge is 0.379 e. The van der Waals surface area contributed by atoms with Crippen LogP contribution in [0.3, 0.4) is 0 Å². The summed E-state index contributed by atoms with van der Waals surface area (Å²) in [6.07, 6.45) is 11.7. The molecule has 1 aliphatic heterocycles. The van der Waals surface area contributed by atoms with E-state index >= 15 is 0 Å². The van der Waals surface area contributed by atoms with Gasteiger partial charge in [0.15, 0.2) is 0 Å². The number of hydrogen-bond donors (Lipinski definition) is 0. The normalized spacial score (nSPS) is 50.8. The van der Waals surface area contributed by atoms with Crippen LogP contribution < -0.4 is 0 Å². The van der Waals surface area contributed by atoms with Crippen LogP contribution in [0, 0.1) is 35.0 Å². The number of Topliss-reactive ketones (excluding diaryl/α,β-unsaturated/α-hetero) is 1. The van der Waals surface area contributed by atoms with Gasteiger partial charge in [0.05, 0.1) is 13.2 Å². The predicted molar refractivity (Wildman–Crippen MR) is 98.3 cm³/mol. The molecule has 0 aromatic carbocycles. The zero-order valence-electron chi connectivity index (χ0n) is 15.9. The molecule has 0 radical (unpaired) electrons. The molecule has 3 heteroatoms. The van der Waals surface area contributed by atoms with Crippen LogP contribution in [-0.4, -0.2) is 43.0 Å². The molecule has 1 saturated heterocycles. The van der Waals surface area contributed by atoms with Crippen molar-refractivity contribution in [2.24, 2.45) is 35.0 Å². The molecule has 140 valence electrons. The summed E-state index contributed by atoms with van der Waals surface area (Å²) in [4.78, 5) is 15.2. The number of ketones is 1. The second kappa shape index (κ2) is 6.34. The van der Waals surface area contributed by atoms with Crippen molar-refractivity contribution in [2.75, 3.05) is 26.3 Å². The third-order valence-electron chi connectivity index (χ3n) is 9.20. The van der Waals surface area contributed by atoms with E-state index in [9.17, 15) is 4.79 Å².